The summed E-state index contributed by atoms with van der Waals surface area (Å²) < 4.78 is 5.47. The Morgan fingerprint density at radius 3 is 2.30 bits per heavy atom. The molecule has 0 heterocycles. The Morgan fingerprint density at radius 1 is 1.06 bits per heavy atom. The number of hydrogen-bond donors (Lipinski definition) is 3. The van der Waals surface area contributed by atoms with Gasteiger partial charge in [0.25, 0.3) is 0 Å². The van der Waals surface area contributed by atoms with Gasteiger partial charge in [0, 0.05) is 12.5 Å². The lowest BCUT2D eigenvalue weighted by Crippen LogP contribution is -2.30. The van der Waals surface area contributed by atoms with Crippen LogP contribution in [0.15, 0.2) is 66.7 Å². The summed E-state index contributed by atoms with van der Waals surface area (Å²) in [5, 5.41) is 32.4. The van der Waals surface area contributed by atoms with Crippen molar-refractivity contribution in [2.24, 2.45) is 0 Å². The number of nitrogens with zero attached hydrogens (tertiary/aromatic N) is 1. The van der Waals surface area contributed by atoms with Gasteiger partial charge >= 0.3 is 6.09 Å². The van der Waals surface area contributed by atoms with E-state index in [0.29, 0.717) is 11.1 Å². The number of carbonyl (C=O) groups is 1. The second kappa shape index (κ2) is 10.1. The number of alkyl carbamates (subject to hydrolysis) is 1. The number of halogens is 1. The number of ether oxygens (including phenoxy) is 1. The Kier molecular flexibility index (Phi) is 6.95. The monoisotopic (exact) mass is 462 g/mol. The van der Waals surface area contributed by atoms with Crippen molar-refractivity contribution in [2.75, 3.05) is 13.2 Å². The molecule has 4 rings (SSSR count). The summed E-state index contributed by atoms with van der Waals surface area (Å²) in [4.78, 5) is 12.2. The van der Waals surface area contributed by atoms with Crippen LogP contribution in [-0.2, 0) is 4.74 Å². The van der Waals surface area contributed by atoms with Gasteiger partial charge < -0.3 is 20.3 Å². The van der Waals surface area contributed by atoms with Gasteiger partial charge in [0.15, 0.2) is 0 Å². The van der Waals surface area contributed by atoms with Crippen LogP contribution in [0.4, 0.5) is 4.79 Å². The van der Waals surface area contributed by atoms with Gasteiger partial charge in [-0.05, 0) is 46.4 Å². The normalized spacial score (nSPS) is 14.0. The highest BCUT2D eigenvalue weighted by Gasteiger charge is 2.29. The SMILES string of the molecule is N#Cc1ccc(C(O)C(O)CCNC(=O)OCC2c3ccccc3-c3ccccc32)cc1Cl. The molecule has 2 unspecified atom stereocenters. The molecular formula is C26H23ClN2O4. The first-order valence-corrected chi connectivity index (χ1v) is 11.0. The van der Waals surface area contributed by atoms with E-state index in [0.717, 1.165) is 22.3 Å². The molecule has 1 amide bonds. The lowest BCUT2D eigenvalue weighted by Gasteiger charge is -2.19. The molecule has 0 bridgehead atoms. The lowest BCUT2D eigenvalue weighted by atomic mass is 9.98. The molecule has 168 valence electrons. The molecule has 0 saturated carbocycles. The van der Waals surface area contributed by atoms with Gasteiger partial charge in [-0.1, -0.05) is 66.2 Å². The van der Waals surface area contributed by atoms with Gasteiger partial charge in [-0.3, -0.25) is 0 Å². The van der Waals surface area contributed by atoms with Crippen LogP contribution in [0.5, 0.6) is 0 Å². The van der Waals surface area contributed by atoms with E-state index in [2.05, 4.69) is 29.6 Å². The number of nitriles is 1. The fourth-order valence-electron chi connectivity index (χ4n) is 4.16. The van der Waals surface area contributed by atoms with Crippen LogP contribution >= 0.6 is 11.6 Å². The van der Waals surface area contributed by atoms with E-state index >= 15 is 0 Å². The van der Waals surface area contributed by atoms with Crippen molar-refractivity contribution in [3.63, 3.8) is 0 Å². The molecule has 3 aromatic carbocycles. The predicted octanol–water partition coefficient (Wildman–Crippen LogP) is 4.53. The molecule has 33 heavy (non-hydrogen) atoms. The number of benzene rings is 3. The van der Waals surface area contributed by atoms with E-state index < -0.39 is 18.3 Å². The predicted molar refractivity (Wildman–Crippen MR) is 125 cm³/mol. The maximum Gasteiger partial charge on any atom is 0.407 e. The zero-order valence-electron chi connectivity index (χ0n) is 17.7. The summed E-state index contributed by atoms with van der Waals surface area (Å²) in [5.41, 5.74) is 5.26. The lowest BCUT2D eigenvalue weighted by molar-refractivity contribution is 0.0137. The third-order valence-corrected chi connectivity index (χ3v) is 6.19. The third-order valence-electron chi connectivity index (χ3n) is 5.87. The molecule has 6 nitrogen and oxygen atoms in total. The van der Waals surface area contributed by atoms with Crippen molar-refractivity contribution < 1.29 is 19.7 Å². The number of nitrogens with one attached hydrogen (secondary N) is 1. The number of amides is 1. The first-order valence-electron chi connectivity index (χ1n) is 10.6. The zero-order chi connectivity index (χ0) is 23.4. The van der Waals surface area contributed by atoms with E-state index in [9.17, 15) is 15.0 Å². The van der Waals surface area contributed by atoms with Crippen LogP contribution in [-0.4, -0.2) is 35.6 Å². The summed E-state index contributed by atoms with van der Waals surface area (Å²) in [6, 6.07) is 22.6. The van der Waals surface area contributed by atoms with Crippen molar-refractivity contribution in [2.45, 2.75) is 24.5 Å². The van der Waals surface area contributed by atoms with Gasteiger partial charge in [-0.25, -0.2) is 4.79 Å². The molecule has 1 aliphatic carbocycles. The van der Waals surface area contributed by atoms with Gasteiger partial charge in [0.2, 0.25) is 0 Å². The van der Waals surface area contributed by atoms with Crippen molar-refractivity contribution in [1.29, 1.82) is 5.26 Å². The molecule has 0 saturated heterocycles. The quantitative estimate of drug-likeness (QED) is 0.478. The van der Waals surface area contributed by atoms with Gasteiger partial charge in [-0.15, -0.1) is 0 Å². The second-order valence-corrected chi connectivity index (χ2v) is 8.31. The Hall–Kier alpha value is -3.37. The smallest absolute Gasteiger partial charge is 0.407 e. The fraction of sp³-hybridized carbons (Fsp3) is 0.231. The molecule has 0 aromatic heterocycles. The minimum absolute atomic E-state index is 0.0308. The molecule has 0 aliphatic heterocycles. The van der Waals surface area contributed by atoms with E-state index in [1.807, 2.05) is 30.3 Å². The fourth-order valence-corrected chi connectivity index (χ4v) is 4.39. The Bertz CT molecular complexity index is 1160. The average Bonchev–Trinajstić information content (AvgIpc) is 3.16. The first-order chi connectivity index (χ1) is 16.0. The van der Waals surface area contributed by atoms with E-state index in [1.54, 1.807) is 0 Å². The van der Waals surface area contributed by atoms with Crippen LogP contribution in [0.2, 0.25) is 5.02 Å². The van der Waals surface area contributed by atoms with E-state index in [4.69, 9.17) is 21.6 Å². The Morgan fingerprint density at radius 2 is 1.70 bits per heavy atom. The van der Waals surface area contributed by atoms with Crippen LogP contribution < -0.4 is 5.32 Å². The standard InChI is InChI=1S/C26H23ClN2O4/c27-23-13-16(9-10-17(23)14-28)25(31)24(30)11-12-29-26(32)33-15-22-20-7-3-1-5-18(20)19-6-2-4-8-21(19)22/h1-10,13,22,24-25,30-31H,11-12,15H2,(H,29,32). The van der Waals surface area contributed by atoms with E-state index in [-0.39, 0.29) is 30.5 Å². The highest BCUT2D eigenvalue weighted by atomic mass is 35.5. The molecule has 0 radical (unpaired) electrons. The van der Waals surface area contributed by atoms with Crippen LogP contribution in [0, 0.1) is 11.3 Å². The highest BCUT2D eigenvalue weighted by Crippen LogP contribution is 2.44. The summed E-state index contributed by atoms with van der Waals surface area (Å²) in [6.07, 6.45) is -2.79. The van der Waals surface area contributed by atoms with Crippen LogP contribution in [0.3, 0.4) is 0 Å². The van der Waals surface area contributed by atoms with Gasteiger partial charge in [0.1, 0.15) is 18.8 Å². The summed E-state index contributed by atoms with van der Waals surface area (Å²) in [7, 11) is 0. The van der Waals surface area contributed by atoms with Crippen molar-refractivity contribution in [3.05, 3.63) is 94.0 Å². The number of carbonyl (C=O) groups excluding carboxylic acids is 1. The molecule has 0 spiro atoms. The zero-order valence-corrected chi connectivity index (χ0v) is 18.5. The topological polar surface area (TPSA) is 103 Å². The summed E-state index contributed by atoms with van der Waals surface area (Å²) in [5.74, 6) is -0.0308. The number of hydrogen-bond acceptors (Lipinski definition) is 5. The maximum absolute atomic E-state index is 12.2. The van der Waals surface area contributed by atoms with Crippen molar-refractivity contribution >= 4 is 17.7 Å². The average molecular weight is 463 g/mol. The number of fused-ring (bicyclic) bond motifs is 3. The molecule has 0 fully saturated rings. The van der Waals surface area contributed by atoms with Gasteiger partial charge in [-0.2, -0.15) is 5.26 Å². The molecule has 3 aromatic rings. The number of aliphatic hydroxyl groups excluding tert-OH is 2. The molecule has 3 N–H and O–H groups in total. The second-order valence-electron chi connectivity index (χ2n) is 7.90. The third kappa shape index (κ3) is 4.86. The van der Waals surface area contributed by atoms with Crippen LogP contribution in [0.1, 0.15) is 40.7 Å². The highest BCUT2D eigenvalue weighted by molar-refractivity contribution is 6.31. The minimum atomic E-state index is -1.19. The summed E-state index contributed by atoms with van der Waals surface area (Å²) in [6.45, 7) is 0.327. The minimum Gasteiger partial charge on any atom is -0.449 e. The maximum atomic E-state index is 12.2. The molecule has 7 heteroatoms. The molecule has 2 atom stereocenters. The number of aliphatic hydroxyl groups is 2. The largest absolute Gasteiger partial charge is 0.449 e. The summed E-state index contributed by atoms with van der Waals surface area (Å²) >= 11 is 5.99. The van der Waals surface area contributed by atoms with Crippen molar-refractivity contribution in [1.82, 2.24) is 5.32 Å². The first kappa shape index (κ1) is 22.8. The molecular weight excluding hydrogens is 440 g/mol. The van der Waals surface area contributed by atoms with E-state index in [1.165, 1.54) is 18.2 Å². The Labute approximate surface area is 197 Å². The number of rotatable bonds is 7. The van der Waals surface area contributed by atoms with Crippen LogP contribution in [0.25, 0.3) is 11.1 Å². The molecule has 1 aliphatic rings. The van der Waals surface area contributed by atoms with Gasteiger partial charge in [0.05, 0.1) is 16.7 Å². The van der Waals surface area contributed by atoms with Crippen molar-refractivity contribution in [3.8, 4) is 17.2 Å². The Balaban J connectivity index is 1.28.